The first-order valence-corrected chi connectivity index (χ1v) is 9.39. The maximum absolute atomic E-state index is 12.4. The maximum atomic E-state index is 12.4. The van der Waals surface area contributed by atoms with Gasteiger partial charge in [-0.2, -0.15) is 0 Å². The highest BCUT2D eigenvalue weighted by Crippen LogP contribution is 2.34. The number of thiophene rings is 1. The molecule has 0 saturated heterocycles. The van der Waals surface area contributed by atoms with Crippen LogP contribution in [0.25, 0.3) is 10.4 Å². The predicted molar refractivity (Wildman–Crippen MR) is 111 cm³/mol. The number of hydrogen-bond acceptors (Lipinski definition) is 6. The van der Waals surface area contributed by atoms with Gasteiger partial charge in [-0.15, -0.1) is 11.3 Å². The Balaban J connectivity index is 0.00000145. The molecular weight excluding hydrogens is 394 g/mol. The van der Waals surface area contributed by atoms with Crippen LogP contribution in [-0.4, -0.2) is 39.4 Å². The molecule has 2 aromatic carbocycles. The summed E-state index contributed by atoms with van der Waals surface area (Å²) in [5.41, 5.74) is 2.00. The van der Waals surface area contributed by atoms with Gasteiger partial charge in [0.1, 0.15) is 0 Å². The van der Waals surface area contributed by atoms with E-state index >= 15 is 0 Å². The van der Waals surface area contributed by atoms with E-state index in [0.717, 1.165) is 22.4 Å². The third-order valence-corrected chi connectivity index (χ3v) is 4.98. The number of nitrogens with one attached hydrogen (secondary N) is 1. The Morgan fingerprint density at radius 3 is 2.34 bits per heavy atom. The van der Waals surface area contributed by atoms with Gasteiger partial charge in [0.2, 0.25) is 5.91 Å². The van der Waals surface area contributed by atoms with Crippen molar-refractivity contribution >= 4 is 28.9 Å². The Kier molecular flexibility index (Phi) is 7.76. The van der Waals surface area contributed by atoms with Gasteiger partial charge in [-0.1, -0.05) is 24.3 Å². The van der Waals surface area contributed by atoms with Gasteiger partial charge >= 0.3 is 5.97 Å². The molecule has 0 aliphatic carbocycles. The van der Waals surface area contributed by atoms with Crippen LogP contribution >= 0.6 is 11.3 Å². The first kappa shape index (κ1) is 21.9. The van der Waals surface area contributed by atoms with Crippen molar-refractivity contribution in [2.75, 3.05) is 12.4 Å². The molecule has 152 valence electrons. The normalized spacial score (nSPS) is 10.0. The molecule has 1 aromatic heterocycles. The van der Waals surface area contributed by atoms with Crippen LogP contribution in [0.3, 0.4) is 0 Å². The lowest BCUT2D eigenvalue weighted by Gasteiger charge is -2.10. The molecule has 0 fully saturated rings. The number of carboxylic acid groups (broad SMARTS) is 1. The van der Waals surface area contributed by atoms with Crippen LogP contribution in [0.2, 0.25) is 0 Å². The Hall–Kier alpha value is -3.36. The number of phenolic OH excluding ortho intramolecular Hbond substituents is 2. The molecule has 0 saturated carbocycles. The first-order chi connectivity index (χ1) is 13.9. The SMILES string of the molecule is CO.O=C(O)Cc1ccc(-c2ccccc2NC(=O)Cc2ccc(O)c(O)c2)s1. The van der Waals surface area contributed by atoms with Gasteiger partial charge < -0.3 is 25.7 Å². The topological polar surface area (TPSA) is 127 Å². The highest BCUT2D eigenvalue weighted by Gasteiger charge is 2.12. The molecule has 0 unspecified atom stereocenters. The van der Waals surface area contributed by atoms with E-state index in [1.54, 1.807) is 24.3 Å². The Morgan fingerprint density at radius 2 is 1.66 bits per heavy atom. The minimum Gasteiger partial charge on any atom is -0.504 e. The number of rotatable bonds is 6. The summed E-state index contributed by atoms with van der Waals surface area (Å²) in [7, 11) is 1.00. The van der Waals surface area contributed by atoms with Crippen molar-refractivity contribution in [1.29, 1.82) is 0 Å². The average molecular weight is 415 g/mol. The Labute approximate surface area is 171 Å². The highest BCUT2D eigenvalue weighted by molar-refractivity contribution is 7.15. The van der Waals surface area contributed by atoms with Crippen LogP contribution in [0.5, 0.6) is 11.5 Å². The number of aromatic hydroxyl groups is 2. The number of para-hydroxylation sites is 1. The summed E-state index contributed by atoms with van der Waals surface area (Å²) in [5, 5.41) is 37.6. The van der Waals surface area contributed by atoms with E-state index in [4.69, 9.17) is 10.2 Å². The van der Waals surface area contributed by atoms with E-state index in [0.29, 0.717) is 11.3 Å². The lowest BCUT2D eigenvalue weighted by molar-refractivity contribution is -0.136. The number of aliphatic carboxylic acids is 1. The summed E-state index contributed by atoms with van der Waals surface area (Å²) in [6, 6.07) is 15.1. The standard InChI is InChI=1S/C20H17NO5S.CH4O/c22-16-7-5-12(9-17(16)23)10-19(24)21-15-4-2-1-3-14(15)18-8-6-13(27-18)11-20(25)26;1-2/h1-9,22-23H,10-11H2,(H,21,24)(H,25,26);2H,1H3. The zero-order valence-corrected chi connectivity index (χ0v) is 16.4. The van der Waals surface area contributed by atoms with Gasteiger partial charge in [-0.05, 0) is 35.9 Å². The number of amides is 1. The van der Waals surface area contributed by atoms with Crippen molar-refractivity contribution in [1.82, 2.24) is 0 Å². The number of carbonyl (C=O) groups is 2. The molecule has 0 radical (unpaired) electrons. The molecule has 0 aliphatic heterocycles. The highest BCUT2D eigenvalue weighted by atomic mass is 32.1. The van der Waals surface area contributed by atoms with E-state index in [1.807, 2.05) is 18.2 Å². The lowest BCUT2D eigenvalue weighted by atomic mass is 10.1. The van der Waals surface area contributed by atoms with Crippen molar-refractivity contribution in [3.63, 3.8) is 0 Å². The van der Waals surface area contributed by atoms with Gasteiger partial charge in [-0.25, -0.2) is 0 Å². The number of hydrogen-bond donors (Lipinski definition) is 5. The summed E-state index contributed by atoms with van der Waals surface area (Å²) >= 11 is 1.37. The van der Waals surface area contributed by atoms with Gasteiger partial charge in [0.05, 0.1) is 12.8 Å². The zero-order valence-electron chi connectivity index (χ0n) is 15.6. The summed E-state index contributed by atoms with van der Waals surface area (Å²) in [4.78, 5) is 24.8. The van der Waals surface area contributed by atoms with Crippen LogP contribution in [0, 0.1) is 0 Å². The Bertz CT molecular complexity index is 998. The molecule has 5 N–H and O–H groups in total. The van der Waals surface area contributed by atoms with Crippen LogP contribution in [0.4, 0.5) is 5.69 Å². The van der Waals surface area contributed by atoms with Gasteiger partial charge in [0, 0.05) is 28.1 Å². The number of carboxylic acids is 1. The molecule has 0 spiro atoms. The van der Waals surface area contributed by atoms with E-state index in [-0.39, 0.29) is 30.2 Å². The average Bonchev–Trinajstić information content (AvgIpc) is 3.14. The zero-order chi connectivity index (χ0) is 21.4. The van der Waals surface area contributed by atoms with Gasteiger partial charge in [-0.3, -0.25) is 9.59 Å². The quantitative estimate of drug-likeness (QED) is 0.393. The third-order valence-electron chi connectivity index (χ3n) is 3.86. The number of aliphatic hydroxyl groups is 1. The summed E-state index contributed by atoms with van der Waals surface area (Å²) in [6.07, 6.45) is 0.000414. The Morgan fingerprint density at radius 1 is 0.931 bits per heavy atom. The van der Waals surface area contributed by atoms with E-state index in [9.17, 15) is 19.8 Å². The van der Waals surface area contributed by atoms with Gasteiger partial charge in [0.15, 0.2) is 11.5 Å². The van der Waals surface area contributed by atoms with Crippen LogP contribution < -0.4 is 5.32 Å². The van der Waals surface area contributed by atoms with Crippen LogP contribution in [0.15, 0.2) is 54.6 Å². The third kappa shape index (κ3) is 6.06. The molecule has 7 nitrogen and oxygen atoms in total. The smallest absolute Gasteiger partial charge is 0.308 e. The molecule has 29 heavy (non-hydrogen) atoms. The molecule has 0 bridgehead atoms. The van der Waals surface area contributed by atoms with Crippen molar-refractivity contribution in [3.8, 4) is 21.9 Å². The minimum absolute atomic E-state index is 0.0382. The maximum Gasteiger partial charge on any atom is 0.308 e. The molecule has 0 aliphatic rings. The number of anilines is 1. The summed E-state index contributed by atoms with van der Waals surface area (Å²) in [5.74, 6) is -1.67. The second-order valence-corrected chi connectivity index (χ2v) is 7.10. The molecule has 1 amide bonds. The van der Waals surface area contributed by atoms with Crippen LogP contribution in [-0.2, 0) is 22.4 Å². The molecular formula is C21H21NO6S. The van der Waals surface area contributed by atoms with E-state index in [1.165, 1.54) is 23.5 Å². The summed E-state index contributed by atoms with van der Waals surface area (Å²) in [6.45, 7) is 0. The molecule has 8 heteroatoms. The van der Waals surface area contributed by atoms with Crippen LogP contribution in [0.1, 0.15) is 10.4 Å². The van der Waals surface area contributed by atoms with Gasteiger partial charge in [0.25, 0.3) is 0 Å². The fourth-order valence-electron chi connectivity index (χ4n) is 2.63. The minimum atomic E-state index is -0.887. The first-order valence-electron chi connectivity index (χ1n) is 8.57. The lowest BCUT2D eigenvalue weighted by Crippen LogP contribution is -2.14. The van der Waals surface area contributed by atoms with E-state index in [2.05, 4.69) is 5.32 Å². The second-order valence-electron chi connectivity index (χ2n) is 5.93. The summed E-state index contributed by atoms with van der Waals surface area (Å²) < 4.78 is 0. The number of benzene rings is 2. The van der Waals surface area contributed by atoms with Crippen molar-refractivity contribution in [3.05, 3.63) is 65.0 Å². The molecule has 1 heterocycles. The fourth-order valence-corrected chi connectivity index (χ4v) is 3.67. The second kappa shape index (κ2) is 10.3. The molecule has 0 atom stereocenters. The molecule has 3 rings (SSSR count). The van der Waals surface area contributed by atoms with Crippen molar-refractivity contribution in [2.24, 2.45) is 0 Å². The number of aliphatic hydroxyl groups excluding tert-OH is 1. The largest absolute Gasteiger partial charge is 0.504 e. The fraction of sp³-hybridized carbons (Fsp3) is 0.143. The monoisotopic (exact) mass is 415 g/mol. The predicted octanol–water partition coefficient (Wildman–Crippen LogP) is 3.24. The van der Waals surface area contributed by atoms with Crippen molar-refractivity contribution in [2.45, 2.75) is 12.8 Å². The van der Waals surface area contributed by atoms with Crippen molar-refractivity contribution < 1.29 is 30.0 Å². The number of phenols is 2. The molecule has 3 aromatic rings. The van der Waals surface area contributed by atoms with E-state index < -0.39 is 5.97 Å². The number of carbonyl (C=O) groups excluding carboxylic acids is 1.